The molecule has 0 saturated heterocycles. The van der Waals surface area contributed by atoms with Crippen LogP contribution < -0.4 is 10.6 Å². The van der Waals surface area contributed by atoms with Crippen LogP contribution in [0.1, 0.15) is 138 Å². The summed E-state index contributed by atoms with van der Waals surface area (Å²) in [7, 11) is -0.875. The van der Waals surface area contributed by atoms with E-state index in [1.54, 1.807) is 72.8 Å². The van der Waals surface area contributed by atoms with Gasteiger partial charge >= 0.3 is 6.03 Å². The van der Waals surface area contributed by atoms with Gasteiger partial charge in [-0.3, -0.25) is 9.59 Å². The zero-order valence-corrected chi connectivity index (χ0v) is 75.5. The molecule has 3 heterocycles. The smallest absolute Gasteiger partial charge is 0.314 e. The van der Waals surface area contributed by atoms with Crippen LogP contribution in [0.25, 0.3) is 0 Å². The Morgan fingerprint density at radius 1 is 0.373 bits per heavy atom. The third-order valence-corrected chi connectivity index (χ3v) is 28.7. The normalized spacial score (nSPS) is 16.3. The Hall–Kier alpha value is -5.00. The van der Waals surface area contributed by atoms with Gasteiger partial charge in [-0.15, -0.1) is 0 Å². The number of ketones is 2. The van der Waals surface area contributed by atoms with Crippen molar-refractivity contribution in [1.29, 1.82) is 0 Å². The lowest BCUT2D eigenvalue weighted by Crippen LogP contribution is -2.39. The van der Waals surface area contributed by atoms with Gasteiger partial charge in [0.15, 0.2) is 0 Å². The first-order valence-electron chi connectivity index (χ1n) is 40.4. The number of carbonyl (C=O) groups is 3. The van der Waals surface area contributed by atoms with Crippen molar-refractivity contribution in [3.05, 3.63) is 189 Å². The predicted octanol–water partition coefficient (Wildman–Crippen LogP) is 13.7. The summed E-state index contributed by atoms with van der Waals surface area (Å²) in [6, 6.07) is 31.7. The van der Waals surface area contributed by atoms with Gasteiger partial charge in [0.05, 0.1) is 80.8 Å². The summed E-state index contributed by atoms with van der Waals surface area (Å²) in [6.45, 7) is 10.4. The first-order chi connectivity index (χ1) is 56.5. The van der Waals surface area contributed by atoms with Crippen LogP contribution in [-0.4, -0.2) is 269 Å². The van der Waals surface area contributed by atoms with E-state index in [0.717, 1.165) is 76.0 Å². The molecule has 6 aromatic carbocycles. The van der Waals surface area contributed by atoms with E-state index in [1.165, 1.54) is 34.1 Å². The maximum Gasteiger partial charge on any atom is 0.314 e. The standard InChI is InChI=1S/C85H115Cl6N9O15S3/c1-94-56-76(73-50-65(86)53-82(89)79(73)59-94)62-17-11-24-70(47-62)116(104,105)97(4)32-38-113-44-41-110-35-14-22-68(101)20-7-9-29-100(30-10-8-21-69(102)23-15-36-111-42-45-114-39-33-98(5)117(106,107)71-25-12-18-63(48-71)77-57-95(2)60-80-74(77)51-66(87)54-83(80)90)31-16-27-92-85(103)93-28-37-112-43-46-115-40-34-99(6)118(108,109)72-26-13-19-64(49-72)78-58-96(3)61-81-75(78)52-67(88)55-84(81)91/h11-13,17-19,24-26,47-55,76-78H,7-10,14-16,20-23,27-46,56-61H2,1-6H3,(H2,92,93,103)/t76-,77-,78-/m0/s1. The average molecular weight is 1810 g/mol. The Balaban J connectivity index is 0.627. The summed E-state index contributed by atoms with van der Waals surface area (Å²) in [5.41, 5.74) is 8.49. The number of hydrogen-bond donors (Lipinski definition) is 2. The minimum Gasteiger partial charge on any atom is -0.379 e. The monoisotopic (exact) mass is 1810 g/mol. The summed E-state index contributed by atoms with van der Waals surface area (Å²) < 4.78 is 121. The van der Waals surface area contributed by atoms with Gasteiger partial charge in [0.1, 0.15) is 11.6 Å². The minimum absolute atomic E-state index is 0.113. The molecule has 650 valence electrons. The van der Waals surface area contributed by atoms with Crippen molar-refractivity contribution in [1.82, 2.24) is 43.1 Å². The molecule has 0 aliphatic carbocycles. The number of likely N-dealkylation sites (N-methyl/N-ethyl adjacent to an activating group) is 6. The molecule has 2 N–H and O–H groups in total. The van der Waals surface area contributed by atoms with E-state index in [9.17, 15) is 39.6 Å². The van der Waals surface area contributed by atoms with E-state index in [1.807, 2.05) is 57.5 Å². The van der Waals surface area contributed by atoms with E-state index in [0.29, 0.717) is 167 Å². The Morgan fingerprint density at radius 2 is 0.678 bits per heavy atom. The average Bonchev–Trinajstić information content (AvgIpc) is 0.778. The highest BCUT2D eigenvalue weighted by molar-refractivity contribution is 7.89. The number of ether oxygens (including phenoxy) is 6. The molecule has 0 saturated carbocycles. The van der Waals surface area contributed by atoms with Crippen molar-refractivity contribution < 1.29 is 68.1 Å². The van der Waals surface area contributed by atoms with E-state index in [2.05, 4.69) is 30.2 Å². The molecule has 33 heteroatoms. The second kappa shape index (κ2) is 48.3. The molecule has 6 aromatic rings. The third kappa shape index (κ3) is 29.3. The Bertz CT molecular complexity index is 4190. The van der Waals surface area contributed by atoms with Crippen LogP contribution in [0.4, 0.5) is 4.79 Å². The van der Waals surface area contributed by atoms with Crippen molar-refractivity contribution in [3.8, 4) is 0 Å². The maximum atomic E-state index is 13.7. The van der Waals surface area contributed by atoms with E-state index in [-0.39, 0.29) is 129 Å². The van der Waals surface area contributed by atoms with Crippen molar-refractivity contribution in [2.45, 2.75) is 123 Å². The molecule has 0 aromatic heterocycles. The SMILES string of the molecule is CN1Cc2c(Cl)cc(Cl)cc2[C@H](c2cccc(S(=O)(=O)N(C)CCOCCOCCCC(=O)CCCCN(CCCCC(=O)CCCOCCOCCN(C)S(=O)(=O)c3cccc([C@@H]4CN(C)Cc5c(Cl)cc(Cl)cc54)c3)CCCNC(=O)NCCOCCOCCN(C)S(=O)(=O)c3cccc([C@@H]4CN(C)Cc5c(Cl)cc(Cl)cc54)c3)c2)C1. The zero-order valence-electron chi connectivity index (χ0n) is 68.5. The second-order valence-electron chi connectivity index (χ2n) is 30.6. The molecule has 24 nitrogen and oxygen atoms in total. The quantitative estimate of drug-likeness (QED) is 0.0336. The van der Waals surface area contributed by atoms with E-state index < -0.39 is 30.1 Å². The number of nitrogens with one attached hydrogen (secondary N) is 2. The lowest BCUT2D eigenvalue weighted by molar-refractivity contribution is -0.120. The van der Waals surface area contributed by atoms with Gasteiger partial charge in [0.25, 0.3) is 0 Å². The summed E-state index contributed by atoms with van der Waals surface area (Å²) in [5.74, 6) is -0.0373. The fourth-order valence-corrected chi connectivity index (χ4v) is 20.3. The van der Waals surface area contributed by atoms with Crippen LogP contribution in [-0.2, 0) is 87.7 Å². The number of rotatable bonds is 52. The summed E-state index contributed by atoms with van der Waals surface area (Å²) in [4.78, 5) is 48.1. The number of amides is 2. The van der Waals surface area contributed by atoms with Crippen molar-refractivity contribution in [2.75, 3.05) is 194 Å². The molecule has 118 heavy (non-hydrogen) atoms. The molecule has 0 spiro atoms. The molecule has 3 aliphatic heterocycles. The fourth-order valence-electron chi connectivity index (χ4n) is 15.0. The number of carbonyl (C=O) groups excluding carboxylic acids is 3. The molecule has 2 amide bonds. The van der Waals surface area contributed by atoms with Gasteiger partial charge in [-0.25, -0.2) is 30.0 Å². The number of sulfonamides is 3. The molecule has 0 fully saturated rings. The van der Waals surface area contributed by atoms with Gasteiger partial charge in [-0.1, -0.05) is 106 Å². The topological polar surface area (TPSA) is 256 Å². The summed E-state index contributed by atoms with van der Waals surface area (Å²) in [6.07, 6.45) is 6.43. The molecule has 0 bridgehead atoms. The van der Waals surface area contributed by atoms with Gasteiger partial charge in [0, 0.05) is 180 Å². The Morgan fingerprint density at radius 3 is 1.03 bits per heavy atom. The Labute approximate surface area is 728 Å². The number of benzene rings is 6. The number of Topliss-reactive ketones (excluding diaryl/α,β-unsaturated/α-hetero) is 2. The van der Waals surface area contributed by atoms with Crippen molar-refractivity contribution in [2.24, 2.45) is 0 Å². The molecule has 3 atom stereocenters. The van der Waals surface area contributed by atoms with E-state index >= 15 is 0 Å². The maximum absolute atomic E-state index is 13.7. The number of fused-ring (bicyclic) bond motifs is 3. The fraction of sp³-hybridized carbons (Fsp3) is 0.541. The van der Waals surface area contributed by atoms with Crippen LogP contribution >= 0.6 is 69.6 Å². The molecule has 0 unspecified atom stereocenters. The van der Waals surface area contributed by atoms with Crippen LogP contribution in [0.5, 0.6) is 0 Å². The summed E-state index contributed by atoms with van der Waals surface area (Å²) in [5, 5.41) is 9.11. The minimum atomic E-state index is -3.84. The highest BCUT2D eigenvalue weighted by atomic mass is 35.5. The molecule has 9 rings (SSSR count). The number of nitrogens with zero attached hydrogens (tertiary/aromatic N) is 7. The Kier molecular flexibility index (Phi) is 39.6. The lowest BCUT2D eigenvalue weighted by Gasteiger charge is -2.33. The van der Waals surface area contributed by atoms with Crippen LogP contribution in [0.3, 0.4) is 0 Å². The number of hydrogen-bond acceptors (Lipinski definition) is 19. The highest BCUT2D eigenvalue weighted by Gasteiger charge is 2.34. The number of unbranched alkanes of at least 4 members (excludes halogenated alkanes) is 2. The molecule has 3 aliphatic rings. The van der Waals surface area contributed by atoms with Crippen LogP contribution in [0.15, 0.2) is 124 Å². The van der Waals surface area contributed by atoms with Crippen molar-refractivity contribution >= 4 is 117 Å². The second-order valence-corrected chi connectivity index (χ2v) is 39.2. The van der Waals surface area contributed by atoms with E-state index in [4.69, 9.17) is 98.0 Å². The molecular weight excluding hydrogens is 1700 g/mol. The summed E-state index contributed by atoms with van der Waals surface area (Å²) >= 11 is 39.0. The molecule has 0 radical (unpaired) electrons. The third-order valence-electron chi connectivity index (χ3n) is 21.5. The van der Waals surface area contributed by atoms with Crippen molar-refractivity contribution in [3.63, 3.8) is 0 Å². The van der Waals surface area contributed by atoms with Gasteiger partial charge in [0.2, 0.25) is 30.1 Å². The number of halogens is 6. The largest absolute Gasteiger partial charge is 0.379 e. The lowest BCUT2D eigenvalue weighted by atomic mass is 9.85. The predicted molar refractivity (Wildman–Crippen MR) is 466 cm³/mol. The first-order valence-corrected chi connectivity index (χ1v) is 47.0. The molecular formula is C85H115Cl6N9O15S3. The van der Waals surface area contributed by atoms with Crippen LogP contribution in [0, 0.1) is 0 Å². The number of urea groups is 1. The van der Waals surface area contributed by atoms with Gasteiger partial charge < -0.3 is 58.7 Å². The van der Waals surface area contributed by atoms with Crippen LogP contribution in [0.2, 0.25) is 30.1 Å². The van der Waals surface area contributed by atoms with Gasteiger partial charge in [-0.05, 0) is 209 Å². The van der Waals surface area contributed by atoms with Gasteiger partial charge in [-0.2, -0.15) is 12.9 Å². The highest BCUT2D eigenvalue weighted by Crippen LogP contribution is 2.43. The zero-order chi connectivity index (χ0) is 84.9. The first kappa shape index (κ1) is 96.8.